The molecule has 0 radical (unpaired) electrons. The van der Waals surface area contributed by atoms with Gasteiger partial charge >= 0.3 is 0 Å². The number of thiophene rings is 1. The fraction of sp³-hybridized carbons (Fsp3) is 0.357. The molecule has 17 heavy (non-hydrogen) atoms. The van der Waals surface area contributed by atoms with Crippen molar-refractivity contribution in [2.24, 2.45) is 0 Å². The SMILES string of the molecule is CCc1ccc(C(Cl)C(C)c2ccccn2)s1. The molecule has 1 nitrogen and oxygen atoms in total. The van der Waals surface area contributed by atoms with E-state index < -0.39 is 0 Å². The Morgan fingerprint density at radius 2 is 2.12 bits per heavy atom. The molecule has 0 N–H and O–H groups in total. The van der Waals surface area contributed by atoms with Crippen LogP contribution in [0.4, 0.5) is 0 Å². The number of pyridine rings is 1. The van der Waals surface area contributed by atoms with Crippen molar-refractivity contribution in [3.63, 3.8) is 0 Å². The van der Waals surface area contributed by atoms with Crippen LogP contribution in [0.5, 0.6) is 0 Å². The van der Waals surface area contributed by atoms with E-state index in [1.807, 2.05) is 24.4 Å². The van der Waals surface area contributed by atoms with E-state index >= 15 is 0 Å². The molecule has 3 heteroatoms. The highest BCUT2D eigenvalue weighted by Gasteiger charge is 2.20. The number of halogens is 1. The number of alkyl halides is 1. The maximum Gasteiger partial charge on any atom is 0.0759 e. The number of hydrogen-bond acceptors (Lipinski definition) is 2. The van der Waals surface area contributed by atoms with Gasteiger partial charge in [0.25, 0.3) is 0 Å². The van der Waals surface area contributed by atoms with Gasteiger partial charge in [0, 0.05) is 27.6 Å². The van der Waals surface area contributed by atoms with Crippen LogP contribution in [0.3, 0.4) is 0 Å². The summed E-state index contributed by atoms with van der Waals surface area (Å²) < 4.78 is 0. The van der Waals surface area contributed by atoms with E-state index in [9.17, 15) is 0 Å². The Balaban J connectivity index is 2.17. The van der Waals surface area contributed by atoms with Crippen LogP contribution in [-0.4, -0.2) is 4.98 Å². The predicted molar refractivity (Wildman–Crippen MR) is 74.9 cm³/mol. The lowest BCUT2D eigenvalue weighted by molar-refractivity contribution is 0.715. The van der Waals surface area contributed by atoms with E-state index in [4.69, 9.17) is 11.6 Å². The third-order valence-corrected chi connectivity index (χ3v) is 4.95. The van der Waals surface area contributed by atoms with Crippen molar-refractivity contribution in [3.8, 4) is 0 Å². The maximum absolute atomic E-state index is 6.53. The molecule has 2 rings (SSSR count). The topological polar surface area (TPSA) is 12.9 Å². The Morgan fingerprint density at radius 1 is 1.29 bits per heavy atom. The molecular formula is C14H16ClNS. The highest BCUT2D eigenvalue weighted by molar-refractivity contribution is 7.12. The molecule has 0 aliphatic heterocycles. The van der Waals surface area contributed by atoms with Gasteiger partial charge in [-0.3, -0.25) is 4.98 Å². The lowest BCUT2D eigenvalue weighted by Gasteiger charge is -2.15. The number of aryl methyl sites for hydroxylation is 1. The van der Waals surface area contributed by atoms with Crippen molar-refractivity contribution in [3.05, 3.63) is 52.0 Å². The van der Waals surface area contributed by atoms with E-state index in [0.717, 1.165) is 12.1 Å². The second-order valence-corrected chi connectivity index (χ2v) is 5.77. The molecule has 2 unspecified atom stereocenters. The fourth-order valence-electron chi connectivity index (χ4n) is 1.77. The highest BCUT2D eigenvalue weighted by atomic mass is 35.5. The Morgan fingerprint density at radius 3 is 2.71 bits per heavy atom. The molecule has 0 fully saturated rings. The van der Waals surface area contributed by atoms with Crippen molar-refractivity contribution < 1.29 is 0 Å². The van der Waals surface area contributed by atoms with E-state index in [1.165, 1.54) is 9.75 Å². The first kappa shape index (κ1) is 12.6. The van der Waals surface area contributed by atoms with Gasteiger partial charge in [-0.1, -0.05) is 19.9 Å². The van der Waals surface area contributed by atoms with Crippen LogP contribution in [0.2, 0.25) is 0 Å². The summed E-state index contributed by atoms with van der Waals surface area (Å²) in [6.07, 6.45) is 2.90. The summed E-state index contributed by atoms with van der Waals surface area (Å²) in [5, 5.41) is 0.00944. The van der Waals surface area contributed by atoms with E-state index in [1.54, 1.807) is 11.3 Å². The average molecular weight is 266 g/mol. The first-order valence-corrected chi connectivity index (χ1v) is 7.11. The van der Waals surface area contributed by atoms with Gasteiger partial charge in [0.2, 0.25) is 0 Å². The summed E-state index contributed by atoms with van der Waals surface area (Å²) in [7, 11) is 0. The Kier molecular flexibility index (Phi) is 4.19. The quantitative estimate of drug-likeness (QED) is 0.725. The molecule has 0 saturated carbocycles. The summed E-state index contributed by atoms with van der Waals surface area (Å²) in [6, 6.07) is 10.3. The molecule has 0 aliphatic carbocycles. The fourth-order valence-corrected chi connectivity index (χ4v) is 3.15. The van der Waals surface area contributed by atoms with Gasteiger partial charge in [-0.15, -0.1) is 22.9 Å². The monoisotopic (exact) mass is 265 g/mol. The molecule has 0 aliphatic rings. The zero-order valence-electron chi connectivity index (χ0n) is 10.1. The smallest absolute Gasteiger partial charge is 0.0759 e. The maximum atomic E-state index is 6.53. The minimum Gasteiger partial charge on any atom is -0.261 e. The summed E-state index contributed by atoms with van der Waals surface area (Å²) in [4.78, 5) is 7.00. The zero-order chi connectivity index (χ0) is 12.3. The highest BCUT2D eigenvalue weighted by Crippen LogP contribution is 2.38. The van der Waals surface area contributed by atoms with Gasteiger partial charge in [0.15, 0.2) is 0 Å². The van der Waals surface area contributed by atoms with Crippen molar-refractivity contribution in [2.45, 2.75) is 31.6 Å². The molecule has 2 heterocycles. The number of nitrogens with zero attached hydrogens (tertiary/aromatic N) is 1. The van der Waals surface area contributed by atoms with E-state index in [-0.39, 0.29) is 11.3 Å². The Hall–Kier alpha value is -0.860. The third-order valence-electron chi connectivity index (χ3n) is 2.90. The first-order chi connectivity index (χ1) is 8.22. The molecule has 0 amide bonds. The average Bonchev–Trinajstić information content (AvgIpc) is 2.87. The largest absolute Gasteiger partial charge is 0.261 e. The van der Waals surface area contributed by atoms with Gasteiger partial charge in [-0.25, -0.2) is 0 Å². The molecule has 2 aromatic heterocycles. The summed E-state index contributed by atoms with van der Waals surface area (Å²) in [5.41, 5.74) is 1.05. The standard InChI is InChI=1S/C14H16ClNS/c1-3-11-7-8-13(17-11)14(15)10(2)12-6-4-5-9-16-12/h4-10,14H,3H2,1-2H3. The zero-order valence-corrected chi connectivity index (χ0v) is 11.6. The minimum atomic E-state index is 0.00944. The van der Waals surface area contributed by atoms with Crippen molar-refractivity contribution in [1.82, 2.24) is 4.98 Å². The normalized spacial score (nSPS) is 14.5. The summed E-state index contributed by atoms with van der Waals surface area (Å²) in [6.45, 7) is 4.30. The van der Waals surface area contributed by atoms with Gasteiger partial charge in [-0.2, -0.15) is 0 Å². The lowest BCUT2D eigenvalue weighted by Crippen LogP contribution is -2.02. The number of aromatic nitrogens is 1. The van der Waals surface area contributed by atoms with Crippen LogP contribution < -0.4 is 0 Å². The Labute approximate surface area is 111 Å². The van der Waals surface area contributed by atoms with Crippen molar-refractivity contribution in [2.75, 3.05) is 0 Å². The lowest BCUT2D eigenvalue weighted by atomic mass is 10.0. The van der Waals surface area contributed by atoms with Crippen LogP contribution in [0.25, 0.3) is 0 Å². The molecule has 0 spiro atoms. The van der Waals surface area contributed by atoms with Gasteiger partial charge in [0.05, 0.1) is 5.38 Å². The number of rotatable bonds is 4. The van der Waals surface area contributed by atoms with Crippen molar-refractivity contribution >= 4 is 22.9 Å². The molecule has 90 valence electrons. The second-order valence-electron chi connectivity index (χ2n) is 4.10. The second kappa shape index (κ2) is 5.65. The van der Waals surface area contributed by atoms with E-state index in [2.05, 4.69) is 31.0 Å². The van der Waals surface area contributed by atoms with Gasteiger partial charge < -0.3 is 0 Å². The molecule has 2 atom stereocenters. The molecule has 0 aromatic carbocycles. The van der Waals surface area contributed by atoms with Crippen LogP contribution >= 0.6 is 22.9 Å². The molecule has 2 aromatic rings. The first-order valence-electron chi connectivity index (χ1n) is 5.86. The van der Waals surface area contributed by atoms with Crippen LogP contribution in [0.1, 0.15) is 40.6 Å². The molecule has 0 bridgehead atoms. The Bertz CT molecular complexity index is 466. The minimum absolute atomic E-state index is 0.00944. The van der Waals surface area contributed by atoms with Crippen LogP contribution in [0, 0.1) is 0 Å². The predicted octanol–water partition coefficient (Wildman–Crippen LogP) is 4.79. The van der Waals surface area contributed by atoms with Crippen LogP contribution in [0.15, 0.2) is 36.5 Å². The number of hydrogen-bond donors (Lipinski definition) is 0. The molecular weight excluding hydrogens is 250 g/mol. The van der Waals surface area contributed by atoms with Crippen LogP contribution in [-0.2, 0) is 6.42 Å². The van der Waals surface area contributed by atoms with Crippen molar-refractivity contribution in [1.29, 1.82) is 0 Å². The van der Waals surface area contributed by atoms with Gasteiger partial charge in [-0.05, 0) is 30.7 Å². The summed E-state index contributed by atoms with van der Waals surface area (Å²) >= 11 is 8.34. The molecule has 0 saturated heterocycles. The van der Waals surface area contributed by atoms with Gasteiger partial charge in [0.1, 0.15) is 0 Å². The third kappa shape index (κ3) is 2.88. The summed E-state index contributed by atoms with van der Waals surface area (Å²) in [5.74, 6) is 0.237. The van der Waals surface area contributed by atoms with E-state index in [0.29, 0.717) is 0 Å².